The second-order valence-corrected chi connectivity index (χ2v) is 8.75. The van der Waals surface area contributed by atoms with Crippen molar-refractivity contribution in [2.45, 2.75) is 45.5 Å². The van der Waals surface area contributed by atoms with Crippen LogP contribution in [-0.2, 0) is 0 Å². The largest absolute Gasteiger partial charge is 0.475 e. The van der Waals surface area contributed by atoms with Crippen LogP contribution in [-0.4, -0.2) is 29.5 Å². The molecule has 1 aliphatic heterocycles. The summed E-state index contributed by atoms with van der Waals surface area (Å²) in [6.45, 7) is 4.43. The number of aromatic nitrogens is 1. The third kappa shape index (κ3) is 4.81. The monoisotopic (exact) mass is 494 g/mol. The Balaban J connectivity index is 0.00000289. The predicted octanol–water partition coefficient (Wildman–Crippen LogP) is 6.35. The lowest BCUT2D eigenvalue weighted by Gasteiger charge is -2.35. The van der Waals surface area contributed by atoms with Gasteiger partial charge >= 0.3 is 0 Å². The molecule has 5 rings (SSSR count). The van der Waals surface area contributed by atoms with Crippen molar-refractivity contribution in [3.05, 3.63) is 77.2 Å². The van der Waals surface area contributed by atoms with Gasteiger partial charge in [-0.2, -0.15) is 0 Å². The zero-order valence-electron chi connectivity index (χ0n) is 20.3. The molecule has 0 spiro atoms. The van der Waals surface area contributed by atoms with Gasteiger partial charge in [0.05, 0.1) is 11.6 Å². The number of ether oxygens (including phenoxy) is 3. The number of nitrogens with zero attached hydrogens (tertiary/aromatic N) is 2. The zero-order valence-corrected chi connectivity index (χ0v) is 21.1. The summed E-state index contributed by atoms with van der Waals surface area (Å²) in [6, 6.07) is 20.1. The summed E-state index contributed by atoms with van der Waals surface area (Å²) in [4.78, 5) is 15.7. The SMILES string of the molecule is CCCC(Oc1ccc2ccccc2c1)N(C)C(CC)n1ccc2cc3c(cc2c1=O)OCO3.Cl. The maximum absolute atomic E-state index is 13.5. The van der Waals surface area contributed by atoms with Crippen molar-refractivity contribution in [3.63, 3.8) is 0 Å². The van der Waals surface area contributed by atoms with Crippen LogP contribution in [0.3, 0.4) is 0 Å². The van der Waals surface area contributed by atoms with E-state index >= 15 is 0 Å². The standard InChI is InChI=1S/C28H30N2O4.ClH/c1-4-8-27(34-22-12-11-19-9-6-7-10-20(19)15-22)29(3)26(5-2)30-14-13-21-16-24-25(33-18-32-24)17-23(21)28(30)31;/h6-7,9-17,26-27H,4-5,8,18H2,1-3H3;1H. The first-order valence-corrected chi connectivity index (χ1v) is 11.9. The number of benzene rings is 3. The third-order valence-electron chi connectivity index (χ3n) is 6.56. The van der Waals surface area contributed by atoms with Crippen molar-refractivity contribution in [3.8, 4) is 17.2 Å². The van der Waals surface area contributed by atoms with Crippen molar-refractivity contribution in [2.75, 3.05) is 13.8 Å². The summed E-state index contributed by atoms with van der Waals surface area (Å²) in [5.41, 5.74) is -0.0459. The van der Waals surface area contributed by atoms with E-state index < -0.39 is 0 Å². The van der Waals surface area contributed by atoms with Gasteiger partial charge in [-0.05, 0) is 66.4 Å². The second-order valence-electron chi connectivity index (χ2n) is 8.75. The lowest BCUT2D eigenvalue weighted by Crippen LogP contribution is -2.43. The van der Waals surface area contributed by atoms with Gasteiger partial charge in [0.25, 0.3) is 5.56 Å². The van der Waals surface area contributed by atoms with Crippen molar-refractivity contribution in [2.24, 2.45) is 0 Å². The van der Waals surface area contributed by atoms with E-state index in [0.29, 0.717) is 16.9 Å². The molecular weight excluding hydrogens is 464 g/mol. The van der Waals surface area contributed by atoms with E-state index in [2.05, 4.69) is 43.0 Å². The van der Waals surface area contributed by atoms with Crippen LogP contribution in [0.2, 0.25) is 0 Å². The normalized spacial score (nSPS) is 14.2. The highest BCUT2D eigenvalue weighted by atomic mass is 35.5. The minimum absolute atomic E-state index is 0. The summed E-state index contributed by atoms with van der Waals surface area (Å²) in [6.07, 6.45) is 4.12. The maximum atomic E-state index is 13.5. The minimum Gasteiger partial charge on any atom is -0.475 e. The van der Waals surface area contributed by atoms with E-state index in [4.69, 9.17) is 14.2 Å². The smallest absolute Gasteiger partial charge is 0.259 e. The predicted molar refractivity (Wildman–Crippen MR) is 142 cm³/mol. The highest BCUT2D eigenvalue weighted by Gasteiger charge is 2.26. The Labute approximate surface area is 211 Å². The number of rotatable bonds is 8. The van der Waals surface area contributed by atoms with Crippen LogP contribution < -0.4 is 19.8 Å². The Morgan fingerprint density at radius 3 is 2.46 bits per heavy atom. The molecule has 0 radical (unpaired) electrons. The fourth-order valence-electron chi connectivity index (χ4n) is 4.75. The molecule has 0 fully saturated rings. The van der Waals surface area contributed by atoms with E-state index in [1.165, 1.54) is 5.39 Å². The number of hydrogen-bond acceptors (Lipinski definition) is 5. The first kappa shape index (κ1) is 24.9. The molecule has 0 bridgehead atoms. The van der Waals surface area contributed by atoms with Crippen molar-refractivity contribution in [1.29, 1.82) is 0 Å². The first-order valence-electron chi connectivity index (χ1n) is 11.9. The third-order valence-corrected chi connectivity index (χ3v) is 6.56. The zero-order chi connectivity index (χ0) is 23.7. The first-order chi connectivity index (χ1) is 16.6. The molecule has 6 nitrogen and oxygen atoms in total. The van der Waals surface area contributed by atoms with Gasteiger partial charge in [-0.25, -0.2) is 0 Å². The Morgan fingerprint density at radius 2 is 1.71 bits per heavy atom. The topological polar surface area (TPSA) is 52.9 Å². The molecule has 1 aromatic heterocycles. The highest BCUT2D eigenvalue weighted by molar-refractivity contribution is 5.86. The fourth-order valence-corrected chi connectivity index (χ4v) is 4.75. The van der Waals surface area contributed by atoms with Crippen LogP contribution in [0.25, 0.3) is 21.5 Å². The molecule has 7 heteroatoms. The molecule has 0 N–H and O–H groups in total. The fraction of sp³-hybridized carbons (Fsp3) is 0.321. The summed E-state index contributed by atoms with van der Waals surface area (Å²) in [5, 5.41) is 3.81. The minimum atomic E-state index is -0.171. The average Bonchev–Trinajstić information content (AvgIpc) is 3.32. The van der Waals surface area contributed by atoms with Gasteiger partial charge in [-0.15, -0.1) is 12.4 Å². The molecule has 0 saturated heterocycles. The molecule has 184 valence electrons. The molecule has 1 aliphatic rings. The van der Waals surface area contributed by atoms with Crippen LogP contribution in [0.4, 0.5) is 0 Å². The molecule has 0 saturated carbocycles. The van der Waals surface area contributed by atoms with E-state index in [1.54, 1.807) is 10.6 Å². The number of halogens is 1. The van der Waals surface area contributed by atoms with Gasteiger partial charge in [0.2, 0.25) is 6.79 Å². The summed E-state index contributed by atoms with van der Waals surface area (Å²) < 4.78 is 19.3. The van der Waals surface area contributed by atoms with E-state index in [-0.39, 0.29) is 37.2 Å². The Morgan fingerprint density at radius 1 is 0.971 bits per heavy atom. The maximum Gasteiger partial charge on any atom is 0.259 e. The Bertz CT molecular complexity index is 1390. The molecule has 0 amide bonds. The number of fused-ring (bicyclic) bond motifs is 3. The Hall–Kier alpha value is -3.22. The van der Waals surface area contributed by atoms with Gasteiger partial charge in [-0.3, -0.25) is 14.3 Å². The van der Waals surface area contributed by atoms with Crippen LogP contribution in [0.5, 0.6) is 17.2 Å². The molecule has 2 unspecified atom stereocenters. The van der Waals surface area contributed by atoms with Crippen molar-refractivity contribution in [1.82, 2.24) is 9.47 Å². The highest BCUT2D eigenvalue weighted by Crippen LogP contribution is 2.35. The van der Waals surface area contributed by atoms with Gasteiger partial charge < -0.3 is 14.2 Å². The molecule has 3 aromatic carbocycles. The molecule has 2 heterocycles. The quantitative estimate of drug-likeness (QED) is 0.267. The van der Waals surface area contributed by atoms with Gasteiger partial charge in [0, 0.05) is 6.20 Å². The number of pyridine rings is 1. The van der Waals surface area contributed by atoms with E-state index in [0.717, 1.165) is 35.8 Å². The lowest BCUT2D eigenvalue weighted by molar-refractivity contribution is -0.0176. The van der Waals surface area contributed by atoms with E-state index in [9.17, 15) is 4.79 Å². The molecular formula is C28H31ClN2O4. The van der Waals surface area contributed by atoms with Crippen molar-refractivity contribution < 1.29 is 14.2 Å². The average molecular weight is 495 g/mol. The van der Waals surface area contributed by atoms with Crippen molar-refractivity contribution >= 4 is 34.0 Å². The summed E-state index contributed by atoms with van der Waals surface area (Å²) >= 11 is 0. The molecule has 0 aliphatic carbocycles. The summed E-state index contributed by atoms with van der Waals surface area (Å²) in [7, 11) is 2.03. The molecule has 2 atom stereocenters. The second kappa shape index (κ2) is 10.6. The van der Waals surface area contributed by atoms with Gasteiger partial charge in [0.15, 0.2) is 17.7 Å². The van der Waals surface area contributed by atoms with Crippen LogP contribution in [0.15, 0.2) is 71.7 Å². The van der Waals surface area contributed by atoms with E-state index in [1.807, 2.05) is 43.6 Å². The van der Waals surface area contributed by atoms with Crippen LogP contribution in [0.1, 0.15) is 39.3 Å². The van der Waals surface area contributed by atoms with Crippen LogP contribution >= 0.6 is 12.4 Å². The van der Waals surface area contributed by atoms with Gasteiger partial charge in [-0.1, -0.05) is 50.6 Å². The number of hydrogen-bond donors (Lipinski definition) is 0. The Kier molecular flexibility index (Phi) is 7.53. The molecule has 4 aromatic rings. The van der Waals surface area contributed by atoms with Gasteiger partial charge in [0.1, 0.15) is 5.75 Å². The lowest BCUT2D eigenvalue weighted by atomic mass is 10.1. The molecule has 35 heavy (non-hydrogen) atoms. The van der Waals surface area contributed by atoms with Crippen LogP contribution in [0, 0.1) is 0 Å². The summed E-state index contributed by atoms with van der Waals surface area (Å²) in [5.74, 6) is 2.13.